The number of hydrogen-bond acceptors (Lipinski definition) is 5. The van der Waals surface area contributed by atoms with Crippen molar-refractivity contribution in [3.63, 3.8) is 0 Å². The van der Waals surface area contributed by atoms with E-state index in [1.54, 1.807) is 12.1 Å². The molecule has 0 saturated carbocycles. The summed E-state index contributed by atoms with van der Waals surface area (Å²) in [4.78, 5) is 28.8. The molecule has 2 heterocycles. The third-order valence-electron chi connectivity index (χ3n) is 5.57. The first kappa shape index (κ1) is 20.0. The second-order valence-corrected chi connectivity index (χ2v) is 7.57. The van der Waals surface area contributed by atoms with Crippen LogP contribution >= 0.6 is 0 Å². The minimum atomic E-state index is -0.534. The predicted molar refractivity (Wildman–Crippen MR) is 113 cm³/mol. The zero-order valence-electron chi connectivity index (χ0n) is 16.7. The second-order valence-electron chi connectivity index (χ2n) is 7.57. The summed E-state index contributed by atoms with van der Waals surface area (Å²) < 4.78 is 20.2. The minimum Gasteiger partial charge on any atom is -0.444 e. The van der Waals surface area contributed by atoms with Crippen LogP contribution in [0.4, 0.5) is 26.2 Å². The molecule has 0 aliphatic carbocycles. The highest BCUT2D eigenvalue weighted by atomic mass is 19.1. The Balaban J connectivity index is 1.39. The highest BCUT2D eigenvalue weighted by Crippen LogP contribution is 2.29. The molecule has 2 saturated heterocycles. The van der Waals surface area contributed by atoms with Crippen molar-refractivity contribution in [1.82, 2.24) is 0 Å². The molecule has 0 aromatic heterocycles. The Morgan fingerprint density at radius 1 is 1.03 bits per heavy atom. The van der Waals surface area contributed by atoms with Gasteiger partial charge in [-0.25, -0.2) is 9.18 Å². The van der Waals surface area contributed by atoms with Crippen molar-refractivity contribution in [1.29, 1.82) is 0 Å². The molecule has 7 nitrogen and oxygen atoms in total. The number of benzene rings is 2. The van der Waals surface area contributed by atoms with Gasteiger partial charge in [-0.2, -0.15) is 0 Å². The second kappa shape index (κ2) is 8.61. The summed E-state index contributed by atoms with van der Waals surface area (Å²) in [7, 11) is 0. The summed E-state index contributed by atoms with van der Waals surface area (Å²) in [6, 6.07) is 15.0. The fourth-order valence-corrected chi connectivity index (χ4v) is 3.95. The quantitative estimate of drug-likeness (QED) is 0.789. The summed E-state index contributed by atoms with van der Waals surface area (Å²) in [6.07, 6.45) is -0.440. The normalized spacial score (nSPS) is 19.2. The van der Waals surface area contributed by atoms with Gasteiger partial charge in [-0.1, -0.05) is 18.2 Å². The third-order valence-corrected chi connectivity index (χ3v) is 5.57. The Hall–Kier alpha value is -3.29. The van der Waals surface area contributed by atoms with Gasteiger partial charge in [0, 0.05) is 38.3 Å². The molecule has 0 spiro atoms. The smallest absolute Gasteiger partial charge is 0.414 e. The van der Waals surface area contributed by atoms with Gasteiger partial charge in [0.25, 0.3) is 0 Å². The summed E-state index contributed by atoms with van der Waals surface area (Å²) in [6.45, 7) is 3.33. The van der Waals surface area contributed by atoms with E-state index >= 15 is 0 Å². The van der Waals surface area contributed by atoms with Gasteiger partial charge in [0.1, 0.15) is 11.9 Å². The summed E-state index contributed by atoms with van der Waals surface area (Å²) in [5, 5.41) is 0. The maximum Gasteiger partial charge on any atom is 0.414 e. The number of carbonyl (C=O) groups is 2. The van der Waals surface area contributed by atoms with Crippen LogP contribution in [0.1, 0.15) is 12.8 Å². The molecule has 2 fully saturated rings. The van der Waals surface area contributed by atoms with Crippen LogP contribution in [0.3, 0.4) is 0 Å². The van der Waals surface area contributed by atoms with Gasteiger partial charge in [-0.15, -0.1) is 0 Å². The van der Waals surface area contributed by atoms with Crippen LogP contribution in [-0.2, 0) is 9.53 Å². The third kappa shape index (κ3) is 4.32. The number of piperazine rings is 1. The van der Waals surface area contributed by atoms with Gasteiger partial charge < -0.3 is 20.3 Å². The Kier molecular flexibility index (Phi) is 5.74. The van der Waals surface area contributed by atoms with Crippen LogP contribution < -0.4 is 20.4 Å². The maximum atomic E-state index is 14.9. The highest BCUT2D eigenvalue weighted by molar-refractivity contribution is 5.90. The average Bonchev–Trinajstić information content (AvgIpc) is 3.13. The van der Waals surface area contributed by atoms with E-state index < -0.39 is 18.1 Å². The Morgan fingerprint density at radius 2 is 1.73 bits per heavy atom. The van der Waals surface area contributed by atoms with E-state index in [-0.39, 0.29) is 18.8 Å². The molecule has 0 radical (unpaired) electrons. The Bertz CT molecular complexity index is 916. The fraction of sp³-hybridized carbons (Fsp3) is 0.364. The molecule has 4 rings (SSSR count). The van der Waals surface area contributed by atoms with Crippen LogP contribution in [0.5, 0.6) is 0 Å². The maximum absolute atomic E-state index is 14.9. The van der Waals surface area contributed by atoms with Crippen molar-refractivity contribution >= 4 is 29.1 Å². The number of amides is 2. The molecule has 2 aromatic rings. The monoisotopic (exact) mass is 412 g/mol. The first-order valence-electron chi connectivity index (χ1n) is 10.1. The van der Waals surface area contributed by atoms with E-state index in [9.17, 15) is 14.0 Å². The summed E-state index contributed by atoms with van der Waals surface area (Å²) in [5.74, 6) is -0.804. The van der Waals surface area contributed by atoms with Crippen molar-refractivity contribution in [3.8, 4) is 0 Å². The van der Waals surface area contributed by atoms with Crippen LogP contribution in [-0.4, -0.2) is 50.8 Å². The lowest BCUT2D eigenvalue weighted by atomic mass is 10.1. The van der Waals surface area contributed by atoms with Gasteiger partial charge in [-0.05, 0) is 36.8 Å². The molecular formula is C22H25FN4O3. The first-order chi connectivity index (χ1) is 14.5. The molecule has 0 bridgehead atoms. The van der Waals surface area contributed by atoms with Crippen molar-refractivity contribution in [2.75, 3.05) is 47.4 Å². The van der Waals surface area contributed by atoms with E-state index in [2.05, 4.69) is 17.0 Å². The molecule has 2 N–H and O–H groups in total. The number of carbonyl (C=O) groups excluding carboxylic acids is 2. The van der Waals surface area contributed by atoms with Crippen molar-refractivity contribution in [2.24, 2.45) is 5.73 Å². The largest absolute Gasteiger partial charge is 0.444 e. The number of rotatable bonds is 6. The van der Waals surface area contributed by atoms with Gasteiger partial charge in [0.05, 0.1) is 17.9 Å². The SMILES string of the molecule is NC(=O)CC[C@H]1CN(c2ccc(N3CCN(c4ccccc4)CC3)c(F)c2)C(=O)O1. The zero-order valence-corrected chi connectivity index (χ0v) is 16.7. The van der Waals surface area contributed by atoms with E-state index in [0.717, 1.165) is 13.1 Å². The number of nitrogens with two attached hydrogens (primary N) is 1. The van der Waals surface area contributed by atoms with E-state index in [0.29, 0.717) is 30.9 Å². The molecule has 8 heteroatoms. The number of anilines is 3. The number of para-hydroxylation sites is 1. The lowest BCUT2D eigenvalue weighted by molar-refractivity contribution is -0.118. The van der Waals surface area contributed by atoms with Crippen LogP contribution in [0.15, 0.2) is 48.5 Å². The molecule has 158 valence electrons. The molecule has 2 aliphatic rings. The van der Waals surface area contributed by atoms with Crippen LogP contribution in [0.2, 0.25) is 0 Å². The number of ether oxygens (including phenoxy) is 1. The number of hydrogen-bond donors (Lipinski definition) is 1. The number of primary amides is 1. The molecule has 2 aromatic carbocycles. The van der Waals surface area contributed by atoms with Gasteiger partial charge in [0.2, 0.25) is 5.91 Å². The molecule has 30 heavy (non-hydrogen) atoms. The Labute approximate surface area is 174 Å². The molecule has 2 amide bonds. The van der Waals surface area contributed by atoms with E-state index in [1.807, 2.05) is 23.1 Å². The van der Waals surface area contributed by atoms with Gasteiger partial charge >= 0.3 is 6.09 Å². The number of nitrogens with zero attached hydrogens (tertiary/aromatic N) is 3. The van der Waals surface area contributed by atoms with Crippen molar-refractivity contribution in [2.45, 2.75) is 18.9 Å². The molecule has 0 unspecified atom stereocenters. The Morgan fingerprint density at radius 3 is 2.40 bits per heavy atom. The summed E-state index contributed by atoms with van der Waals surface area (Å²) in [5.41, 5.74) is 7.30. The van der Waals surface area contributed by atoms with Gasteiger partial charge in [-0.3, -0.25) is 9.69 Å². The molecular weight excluding hydrogens is 387 g/mol. The number of halogens is 1. The summed E-state index contributed by atoms with van der Waals surface area (Å²) >= 11 is 0. The molecule has 1 atom stereocenters. The van der Waals surface area contributed by atoms with Gasteiger partial charge in [0.15, 0.2) is 0 Å². The lowest BCUT2D eigenvalue weighted by Gasteiger charge is -2.37. The highest BCUT2D eigenvalue weighted by Gasteiger charge is 2.33. The topological polar surface area (TPSA) is 79.1 Å². The predicted octanol–water partition coefficient (Wildman–Crippen LogP) is 2.74. The first-order valence-corrected chi connectivity index (χ1v) is 10.1. The minimum absolute atomic E-state index is 0.147. The van der Waals surface area contributed by atoms with E-state index in [1.165, 1.54) is 16.7 Å². The van der Waals surface area contributed by atoms with Crippen molar-refractivity contribution in [3.05, 3.63) is 54.3 Å². The average molecular weight is 412 g/mol. The zero-order chi connectivity index (χ0) is 21.1. The fourth-order valence-electron chi connectivity index (χ4n) is 3.95. The standard InChI is InChI=1S/C22H25FN4O3/c23-19-14-17(27-15-18(30-22(27)29)7-9-21(24)28)6-8-20(19)26-12-10-25(11-13-26)16-4-2-1-3-5-16/h1-6,8,14,18H,7,9-13,15H2,(H2,24,28)/t18-/m0/s1. The van der Waals surface area contributed by atoms with Crippen LogP contribution in [0.25, 0.3) is 0 Å². The van der Waals surface area contributed by atoms with Crippen molar-refractivity contribution < 1.29 is 18.7 Å². The van der Waals surface area contributed by atoms with E-state index in [4.69, 9.17) is 10.5 Å². The van der Waals surface area contributed by atoms with Crippen LogP contribution in [0, 0.1) is 5.82 Å². The molecule has 2 aliphatic heterocycles. The number of cyclic esters (lactones) is 1. The lowest BCUT2D eigenvalue weighted by Crippen LogP contribution is -2.46.